The highest BCUT2D eigenvalue weighted by Gasteiger charge is 2.54. The van der Waals surface area contributed by atoms with Crippen LogP contribution in [0.1, 0.15) is 13.8 Å². The smallest absolute Gasteiger partial charge is 0.302 e. The van der Waals surface area contributed by atoms with E-state index in [1.165, 1.54) is 24.9 Å². The van der Waals surface area contributed by atoms with Gasteiger partial charge in [-0.25, -0.2) is 14.2 Å². The molecule has 0 N–H and O–H groups in total. The molecule has 4 rings (SSSR count). The second-order valence-corrected chi connectivity index (χ2v) is 6.77. The van der Waals surface area contributed by atoms with Crippen molar-refractivity contribution in [2.24, 2.45) is 4.99 Å². The Morgan fingerprint density at radius 2 is 1.96 bits per heavy atom. The Hall–Kier alpha value is -3.23. The number of rotatable bonds is 3. The lowest BCUT2D eigenvalue weighted by Crippen LogP contribution is -2.64. The minimum Gasteiger partial charge on any atom is -0.302 e. The van der Waals surface area contributed by atoms with E-state index in [9.17, 15) is 18.8 Å². The Morgan fingerprint density at radius 3 is 2.63 bits per heavy atom. The third-order valence-corrected chi connectivity index (χ3v) is 4.86. The Kier molecular flexibility index (Phi) is 3.76. The molecule has 0 aromatic heterocycles. The summed E-state index contributed by atoms with van der Waals surface area (Å²) in [5.74, 6) is -0.816. The number of fused-ring (bicyclic) bond motifs is 3. The molecule has 1 aromatic rings. The van der Waals surface area contributed by atoms with Crippen molar-refractivity contribution >= 4 is 29.4 Å². The molecule has 140 valence electrons. The summed E-state index contributed by atoms with van der Waals surface area (Å²) < 4.78 is 14.3. The number of para-hydroxylation sites is 1. The van der Waals surface area contributed by atoms with Crippen molar-refractivity contribution in [2.45, 2.75) is 26.1 Å². The van der Waals surface area contributed by atoms with Crippen molar-refractivity contribution in [2.75, 3.05) is 18.5 Å². The zero-order valence-electron chi connectivity index (χ0n) is 15.1. The number of hydrogen-bond donors (Lipinski definition) is 0. The topological polar surface area (TPSA) is 76.5 Å². The predicted octanol–water partition coefficient (Wildman–Crippen LogP) is 1.36. The van der Waals surface area contributed by atoms with Crippen molar-refractivity contribution in [3.63, 3.8) is 0 Å². The highest BCUT2D eigenvalue weighted by atomic mass is 19.1. The molecule has 1 saturated heterocycles. The molecule has 27 heavy (non-hydrogen) atoms. The van der Waals surface area contributed by atoms with Crippen LogP contribution >= 0.6 is 0 Å². The number of hydrogen-bond acceptors (Lipinski definition) is 6. The fraction of sp³-hybridized carbons (Fsp3) is 0.333. The van der Waals surface area contributed by atoms with Crippen LogP contribution in [0.25, 0.3) is 0 Å². The van der Waals surface area contributed by atoms with Gasteiger partial charge >= 0.3 is 6.03 Å². The molecule has 0 radical (unpaired) electrons. The van der Waals surface area contributed by atoms with Crippen LogP contribution in [0.2, 0.25) is 0 Å². The molecule has 1 aromatic carbocycles. The first kappa shape index (κ1) is 17.2. The van der Waals surface area contributed by atoms with Gasteiger partial charge in [-0.05, 0) is 26.0 Å². The van der Waals surface area contributed by atoms with Crippen LogP contribution < -0.4 is 4.90 Å². The lowest BCUT2D eigenvalue weighted by atomic mass is 10.1. The quantitative estimate of drug-likeness (QED) is 0.802. The van der Waals surface area contributed by atoms with E-state index < -0.39 is 30.0 Å². The Labute approximate surface area is 155 Å². The molecular formula is C18H18FN5O3. The van der Waals surface area contributed by atoms with E-state index in [-0.39, 0.29) is 12.3 Å². The van der Waals surface area contributed by atoms with Gasteiger partial charge in [0, 0.05) is 18.9 Å². The second-order valence-electron chi connectivity index (χ2n) is 6.77. The summed E-state index contributed by atoms with van der Waals surface area (Å²) in [5, 5.41) is 0. The zero-order valence-corrected chi connectivity index (χ0v) is 15.1. The number of ketones is 1. The highest BCUT2D eigenvalue weighted by Crippen LogP contribution is 2.37. The van der Waals surface area contributed by atoms with Gasteiger partial charge in [-0.15, -0.1) is 0 Å². The van der Waals surface area contributed by atoms with E-state index in [4.69, 9.17) is 0 Å². The fourth-order valence-corrected chi connectivity index (χ4v) is 3.65. The standard InChI is InChI=1S/C18H18FN5O3/c1-10-8-22-14-15(21(3)18(27)23(16(14)26)9-11(2)25)20-17(22)24(10)13-7-5-4-6-12(13)19/h4-8,14-15H,9H2,1-3H3. The molecule has 0 aliphatic carbocycles. The average molecular weight is 371 g/mol. The maximum Gasteiger partial charge on any atom is 0.328 e. The Morgan fingerprint density at radius 1 is 1.26 bits per heavy atom. The number of nitrogens with zero attached hydrogens (tertiary/aromatic N) is 5. The van der Waals surface area contributed by atoms with Crippen LogP contribution in [0, 0.1) is 5.82 Å². The highest BCUT2D eigenvalue weighted by molar-refractivity contribution is 6.10. The normalized spacial score (nSPS) is 24.1. The molecular weight excluding hydrogens is 353 g/mol. The third kappa shape index (κ3) is 2.42. The first-order chi connectivity index (χ1) is 12.8. The van der Waals surface area contributed by atoms with Gasteiger partial charge in [0.25, 0.3) is 5.91 Å². The van der Waals surface area contributed by atoms with Gasteiger partial charge in [-0.3, -0.25) is 19.4 Å². The molecule has 0 bridgehead atoms. The van der Waals surface area contributed by atoms with E-state index in [1.54, 1.807) is 41.1 Å². The summed E-state index contributed by atoms with van der Waals surface area (Å²) in [6, 6.07) is 4.93. The third-order valence-electron chi connectivity index (χ3n) is 4.86. The van der Waals surface area contributed by atoms with Crippen molar-refractivity contribution in [1.82, 2.24) is 14.7 Å². The van der Waals surface area contributed by atoms with Crippen molar-refractivity contribution in [3.05, 3.63) is 42.0 Å². The SMILES string of the molecule is CC(=O)CN1C(=O)C2C(N=C3N(c4ccccc4F)C(C)=CN32)N(C)C1=O. The average Bonchev–Trinajstić information content (AvgIpc) is 3.12. The summed E-state index contributed by atoms with van der Waals surface area (Å²) in [6.45, 7) is 2.83. The first-order valence-corrected chi connectivity index (χ1v) is 8.48. The number of imide groups is 1. The number of anilines is 1. The van der Waals surface area contributed by atoms with Crippen molar-refractivity contribution in [1.29, 1.82) is 0 Å². The number of allylic oxidation sites excluding steroid dienone is 1. The Bertz CT molecular complexity index is 927. The van der Waals surface area contributed by atoms with Crippen LogP contribution in [0.3, 0.4) is 0 Å². The van der Waals surface area contributed by atoms with Crippen LogP contribution in [-0.2, 0) is 9.59 Å². The molecule has 2 atom stereocenters. The van der Waals surface area contributed by atoms with Gasteiger partial charge in [-0.2, -0.15) is 0 Å². The molecule has 0 saturated carbocycles. The number of urea groups is 1. The van der Waals surface area contributed by atoms with Gasteiger partial charge < -0.3 is 9.80 Å². The molecule has 3 amide bonds. The summed E-state index contributed by atoms with van der Waals surface area (Å²) in [4.78, 5) is 47.0. The number of amides is 3. The van der Waals surface area contributed by atoms with E-state index in [2.05, 4.69) is 4.99 Å². The number of guanidine groups is 1. The van der Waals surface area contributed by atoms with Gasteiger partial charge in [0.2, 0.25) is 5.96 Å². The largest absolute Gasteiger partial charge is 0.328 e. The molecule has 8 nitrogen and oxygen atoms in total. The van der Waals surface area contributed by atoms with Gasteiger partial charge in [0.05, 0.1) is 12.2 Å². The van der Waals surface area contributed by atoms with E-state index in [0.717, 1.165) is 4.90 Å². The van der Waals surface area contributed by atoms with E-state index in [1.807, 2.05) is 0 Å². The van der Waals surface area contributed by atoms with E-state index in [0.29, 0.717) is 17.3 Å². The summed E-state index contributed by atoms with van der Waals surface area (Å²) >= 11 is 0. The number of aliphatic imine (C=N–C) groups is 1. The molecule has 1 fully saturated rings. The summed E-state index contributed by atoms with van der Waals surface area (Å²) in [6.07, 6.45) is 0.977. The number of Topliss-reactive ketones (excluding diaryl/α,β-unsaturated/α-hetero) is 1. The lowest BCUT2D eigenvalue weighted by Gasteiger charge is -2.39. The first-order valence-electron chi connectivity index (χ1n) is 8.48. The van der Waals surface area contributed by atoms with Crippen LogP contribution in [-0.4, -0.2) is 64.2 Å². The Balaban J connectivity index is 1.74. The van der Waals surface area contributed by atoms with Crippen molar-refractivity contribution < 1.29 is 18.8 Å². The molecule has 0 spiro atoms. The minimum absolute atomic E-state index is 0.284. The predicted molar refractivity (Wildman–Crippen MR) is 95.0 cm³/mol. The van der Waals surface area contributed by atoms with Gasteiger partial charge in [0.1, 0.15) is 11.6 Å². The summed E-state index contributed by atoms with van der Waals surface area (Å²) in [5.41, 5.74) is 1.01. The van der Waals surface area contributed by atoms with Crippen LogP contribution in [0.4, 0.5) is 14.9 Å². The lowest BCUT2D eigenvalue weighted by molar-refractivity contribution is -0.139. The molecule has 3 heterocycles. The minimum atomic E-state index is -0.784. The summed E-state index contributed by atoms with van der Waals surface area (Å²) in [7, 11) is 1.54. The number of benzene rings is 1. The second kappa shape index (κ2) is 5.90. The molecule has 9 heteroatoms. The zero-order chi connectivity index (χ0) is 19.5. The van der Waals surface area contributed by atoms with E-state index >= 15 is 0 Å². The monoisotopic (exact) mass is 371 g/mol. The molecule has 3 aliphatic rings. The molecule has 3 aliphatic heterocycles. The fourth-order valence-electron chi connectivity index (χ4n) is 3.65. The van der Waals surface area contributed by atoms with Crippen molar-refractivity contribution in [3.8, 4) is 0 Å². The molecule has 2 unspecified atom stereocenters. The van der Waals surface area contributed by atoms with Crippen LogP contribution in [0.15, 0.2) is 41.2 Å². The maximum atomic E-state index is 14.3. The number of carbonyl (C=O) groups excluding carboxylic acids is 3. The van der Waals surface area contributed by atoms with Gasteiger partial charge in [-0.1, -0.05) is 12.1 Å². The van der Waals surface area contributed by atoms with Gasteiger partial charge in [0.15, 0.2) is 12.2 Å². The number of carbonyl (C=O) groups is 3. The number of likely N-dealkylation sites (N-methyl/N-ethyl adjacent to an activating group) is 1. The number of halogens is 1. The maximum absolute atomic E-state index is 14.3. The van der Waals surface area contributed by atoms with Crippen LogP contribution in [0.5, 0.6) is 0 Å².